The number of hydrogen-bond acceptors (Lipinski definition) is 2. The second-order valence-corrected chi connectivity index (χ2v) is 2.45. The second kappa shape index (κ2) is 8.06. The predicted molar refractivity (Wildman–Crippen MR) is 39.1 cm³/mol. The summed E-state index contributed by atoms with van der Waals surface area (Å²) in [6.07, 6.45) is 4.73. The number of rotatable bonds is 6. The first kappa shape index (κ1) is 9.06. The maximum absolute atomic E-state index is 9.77. The molecule has 0 aliphatic rings. The average Bonchev–Trinajstić information content (AvgIpc) is 1.89. The molecule has 0 heterocycles. The fraction of sp³-hybridized carbons (Fsp3) is 1.00. The fourth-order valence-corrected chi connectivity index (χ4v) is 0.870. The van der Waals surface area contributed by atoms with Gasteiger partial charge in [-0.3, -0.25) is 4.57 Å². The summed E-state index contributed by atoms with van der Waals surface area (Å²) in [4.78, 5) is 0. The first-order valence-corrected chi connectivity index (χ1v) is 4.22. The molecule has 2 nitrogen and oxygen atoms in total. The van der Waals surface area contributed by atoms with Gasteiger partial charge in [-0.2, -0.15) is 0 Å². The summed E-state index contributed by atoms with van der Waals surface area (Å²) < 4.78 is 14.4. The third-order valence-corrected chi connectivity index (χ3v) is 1.48. The second-order valence-electron chi connectivity index (χ2n) is 1.99. The topological polar surface area (TPSA) is 26.3 Å². The lowest BCUT2D eigenvalue weighted by molar-refractivity contribution is 0.329. The van der Waals surface area contributed by atoms with Gasteiger partial charge < -0.3 is 4.52 Å². The monoisotopic (exact) mass is 149 g/mol. The fourth-order valence-electron chi connectivity index (χ4n) is 0.643. The Kier molecular flexibility index (Phi) is 8.11. The number of unbranched alkanes of at least 4 members (excludes halogenated alkanes) is 3. The molecule has 0 N–H and O–H groups in total. The molecule has 0 saturated heterocycles. The van der Waals surface area contributed by atoms with Crippen molar-refractivity contribution in [3.8, 4) is 0 Å². The highest BCUT2D eigenvalue weighted by atomic mass is 31.1. The SMILES string of the molecule is CCCCCCO[PH]=O. The predicted octanol–water partition coefficient (Wildman–Crippen LogP) is 2.52. The zero-order valence-corrected chi connectivity index (χ0v) is 6.85. The van der Waals surface area contributed by atoms with Crippen LogP contribution in [0.1, 0.15) is 32.6 Å². The van der Waals surface area contributed by atoms with Gasteiger partial charge in [-0.05, 0) is 6.42 Å². The van der Waals surface area contributed by atoms with Crippen LogP contribution in [0.15, 0.2) is 0 Å². The molecule has 9 heavy (non-hydrogen) atoms. The van der Waals surface area contributed by atoms with Crippen LogP contribution in [0.3, 0.4) is 0 Å². The van der Waals surface area contributed by atoms with Crippen molar-refractivity contribution in [3.63, 3.8) is 0 Å². The zero-order valence-electron chi connectivity index (χ0n) is 5.85. The zero-order chi connectivity index (χ0) is 6.95. The first-order chi connectivity index (χ1) is 4.41. The minimum atomic E-state index is -0.580. The Morgan fingerprint density at radius 1 is 1.33 bits per heavy atom. The summed E-state index contributed by atoms with van der Waals surface area (Å²) in [5, 5.41) is 0. The van der Waals surface area contributed by atoms with E-state index in [1.165, 1.54) is 19.3 Å². The van der Waals surface area contributed by atoms with Crippen molar-refractivity contribution in [1.82, 2.24) is 0 Å². The Hall–Kier alpha value is 0.0600. The minimum absolute atomic E-state index is 0.580. The van der Waals surface area contributed by atoms with Crippen LogP contribution in [0.4, 0.5) is 0 Å². The van der Waals surface area contributed by atoms with Gasteiger partial charge in [-0.15, -0.1) is 0 Å². The van der Waals surface area contributed by atoms with Crippen LogP contribution in [-0.4, -0.2) is 6.61 Å². The van der Waals surface area contributed by atoms with Crippen molar-refractivity contribution in [3.05, 3.63) is 0 Å². The van der Waals surface area contributed by atoms with Crippen molar-refractivity contribution >= 4 is 8.69 Å². The van der Waals surface area contributed by atoms with E-state index < -0.39 is 8.69 Å². The van der Waals surface area contributed by atoms with E-state index in [0.29, 0.717) is 6.61 Å². The molecule has 1 atom stereocenters. The molecule has 0 aliphatic heterocycles. The largest absolute Gasteiger partial charge is 0.306 e. The Morgan fingerprint density at radius 3 is 2.67 bits per heavy atom. The van der Waals surface area contributed by atoms with Gasteiger partial charge in [0.2, 0.25) is 0 Å². The standard InChI is InChI=1S/C6H14O2P/c1-2-3-4-5-6-8-9-7/h9H,2-6H2,1H3. The third-order valence-electron chi connectivity index (χ3n) is 1.16. The molecule has 55 valence electrons. The molecule has 0 aromatic carbocycles. The van der Waals surface area contributed by atoms with Crippen LogP contribution >= 0.6 is 8.69 Å². The third kappa shape index (κ3) is 8.06. The molecular formula is C6H14O2P. The van der Waals surface area contributed by atoms with E-state index in [1.807, 2.05) is 0 Å². The van der Waals surface area contributed by atoms with E-state index in [-0.39, 0.29) is 0 Å². The number of hydrogen-bond donors (Lipinski definition) is 0. The maximum atomic E-state index is 9.77. The first-order valence-electron chi connectivity index (χ1n) is 3.40. The van der Waals surface area contributed by atoms with Gasteiger partial charge in [0.15, 0.2) is 8.69 Å². The molecule has 0 rings (SSSR count). The summed E-state index contributed by atoms with van der Waals surface area (Å²) in [5.41, 5.74) is 0. The van der Waals surface area contributed by atoms with E-state index in [9.17, 15) is 4.57 Å². The van der Waals surface area contributed by atoms with Crippen LogP contribution < -0.4 is 0 Å². The molecule has 0 aromatic heterocycles. The molecule has 1 unspecified atom stereocenters. The summed E-state index contributed by atoms with van der Waals surface area (Å²) in [6.45, 7) is 2.82. The summed E-state index contributed by atoms with van der Waals surface area (Å²) in [7, 11) is -0.580. The van der Waals surface area contributed by atoms with Gasteiger partial charge in [0.05, 0.1) is 6.61 Å². The lowest BCUT2D eigenvalue weighted by atomic mass is 10.2. The van der Waals surface area contributed by atoms with Gasteiger partial charge in [-0.1, -0.05) is 26.2 Å². The van der Waals surface area contributed by atoms with Gasteiger partial charge in [0.25, 0.3) is 0 Å². The average molecular weight is 149 g/mol. The molecule has 0 amide bonds. The summed E-state index contributed by atoms with van der Waals surface area (Å²) >= 11 is 0. The Bertz CT molecular complexity index is 66.1. The van der Waals surface area contributed by atoms with Crippen molar-refractivity contribution in [2.45, 2.75) is 32.6 Å². The molecule has 0 saturated carbocycles. The maximum Gasteiger partial charge on any atom is 0.198 e. The summed E-state index contributed by atoms with van der Waals surface area (Å²) in [5.74, 6) is 0. The normalized spacial score (nSPS) is 10.3. The molecule has 0 aromatic rings. The highest BCUT2D eigenvalue weighted by molar-refractivity contribution is 7.17. The highest BCUT2D eigenvalue weighted by Crippen LogP contribution is 2.02. The highest BCUT2D eigenvalue weighted by Gasteiger charge is 1.85. The van der Waals surface area contributed by atoms with Crippen LogP contribution in [0, 0.1) is 0 Å². The van der Waals surface area contributed by atoms with Crippen molar-refractivity contribution < 1.29 is 9.09 Å². The molecule has 1 radical (unpaired) electrons. The molecule has 0 spiro atoms. The van der Waals surface area contributed by atoms with E-state index in [0.717, 1.165) is 6.42 Å². The molecule has 0 aliphatic carbocycles. The molecule has 0 fully saturated rings. The van der Waals surface area contributed by atoms with Crippen molar-refractivity contribution in [2.24, 2.45) is 0 Å². The minimum Gasteiger partial charge on any atom is -0.306 e. The Morgan fingerprint density at radius 2 is 2.11 bits per heavy atom. The smallest absolute Gasteiger partial charge is 0.198 e. The molecular weight excluding hydrogens is 135 g/mol. The van der Waals surface area contributed by atoms with Gasteiger partial charge in [0.1, 0.15) is 0 Å². The van der Waals surface area contributed by atoms with Crippen molar-refractivity contribution in [2.75, 3.05) is 6.61 Å². The van der Waals surface area contributed by atoms with Gasteiger partial charge >= 0.3 is 0 Å². The van der Waals surface area contributed by atoms with E-state index in [2.05, 4.69) is 11.4 Å². The van der Waals surface area contributed by atoms with Crippen LogP contribution in [-0.2, 0) is 9.09 Å². The Labute approximate surface area is 57.9 Å². The lowest BCUT2D eigenvalue weighted by Gasteiger charge is -1.94. The van der Waals surface area contributed by atoms with Crippen molar-refractivity contribution in [1.29, 1.82) is 0 Å². The van der Waals surface area contributed by atoms with Gasteiger partial charge in [0, 0.05) is 0 Å². The van der Waals surface area contributed by atoms with Crippen LogP contribution in [0.25, 0.3) is 0 Å². The Balaban J connectivity index is 2.66. The van der Waals surface area contributed by atoms with Crippen LogP contribution in [0.2, 0.25) is 0 Å². The molecule has 0 bridgehead atoms. The quantitative estimate of drug-likeness (QED) is 0.428. The van der Waals surface area contributed by atoms with E-state index in [1.54, 1.807) is 0 Å². The van der Waals surface area contributed by atoms with E-state index in [4.69, 9.17) is 0 Å². The van der Waals surface area contributed by atoms with Gasteiger partial charge in [-0.25, -0.2) is 0 Å². The summed E-state index contributed by atoms with van der Waals surface area (Å²) in [6, 6.07) is 0. The van der Waals surface area contributed by atoms with E-state index >= 15 is 0 Å². The lowest BCUT2D eigenvalue weighted by Crippen LogP contribution is -1.83. The van der Waals surface area contributed by atoms with Crippen LogP contribution in [0.5, 0.6) is 0 Å². The molecule has 3 heteroatoms.